The van der Waals surface area contributed by atoms with Crippen LogP contribution in [0.1, 0.15) is 15.9 Å². The Morgan fingerprint density at radius 1 is 1.26 bits per heavy atom. The summed E-state index contributed by atoms with van der Waals surface area (Å²) in [5.74, 6) is -0.976. The Hall–Kier alpha value is -3.33. The minimum absolute atomic E-state index is 0.0782. The first-order chi connectivity index (χ1) is 12.9. The van der Waals surface area contributed by atoms with Gasteiger partial charge in [0, 0.05) is 17.7 Å². The Morgan fingerprint density at radius 2 is 2.04 bits per heavy atom. The molecular formula is C18H15N3O5S. The van der Waals surface area contributed by atoms with E-state index >= 15 is 0 Å². The summed E-state index contributed by atoms with van der Waals surface area (Å²) in [6, 6.07) is 11.3. The van der Waals surface area contributed by atoms with Crippen LogP contribution in [-0.4, -0.2) is 28.5 Å². The van der Waals surface area contributed by atoms with Crippen molar-refractivity contribution in [2.45, 2.75) is 13.5 Å². The molecule has 0 bridgehead atoms. The summed E-state index contributed by atoms with van der Waals surface area (Å²) in [6.45, 7) is 1.71. The minimum Gasteiger partial charge on any atom is -0.468 e. The Kier molecular flexibility index (Phi) is 5.13. The first-order valence-corrected chi connectivity index (χ1v) is 8.71. The van der Waals surface area contributed by atoms with Crippen LogP contribution >= 0.6 is 11.3 Å². The first-order valence-electron chi connectivity index (χ1n) is 7.89. The average Bonchev–Trinajstić information content (AvgIpc) is 2.97. The van der Waals surface area contributed by atoms with Crippen molar-refractivity contribution >= 4 is 39.1 Å². The highest BCUT2D eigenvalue weighted by Crippen LogP contribution is 2.23. The quantitative estimate of drug-likeness (QED) is 0.390. The van der Waals surface area contributed by atoms with Gasteiger partial charge in [0.1, 0.15) is 6.54 Å². The summed E-state index contributed by atoms with van der Waals surface area (Å²) in [5.41, 5.74) is 1.82. The first kappa shape index (κ1) is 18.5. The van der Waals surface area contributed by atoms with E-state index < -0.39 is 16.8 Å². The number of methoxy groups -OCH3 is 1. The van der Waals surface area contributed by atoms with Crippen LogP contribution in [0.2, 0.25) is 0 Å². The minimum atomic E-state index is -0.516. The second-order valence-electron chi connectivity index (χ2n) is 5.74. The van der Waals surface area contributed by atoms with Crippen molar-refractivity contribution in [1.29, 1.82) is 0 Å². The van der Waals surface area contributed by atoms with Gasteiger partial charge in [0.15, 0.2) is 4.80 Å². The molecule has 2 aromatic carbocycles. The number of hydrogen-bond acceptors (Lipinski definition) is 6. The van der Waals surface area contributed by atoms with E-state index in [1.807, 2.05) is 13.0 Å². The number of non-ortho nitro benzene ring substituents is 1. The van der Waals surface area contributed by atoms with E-state index in [9.17, 15) is 19.7 Å². The van der Waals surface area contributed by atoms with E-state index in [4.69, 9.17) is 4.74 Å². The smallest absolute Gasteiger partial charge is 0.325 e. The molecule has 1 amide bonds. The fraction of sp³-hybridized carbons (Fsp3) is 0.167. The van der Waals surface area contributed by atoms with Crippen LogP contribution in [0.5, 0.6) is 0 Å². The largest absolute Gasteiger partial charge is 0.468 e. The van der Waals surface area contributed by atoms with E-state index in [0.717, 1.165) is 16.9 Å². The number of nitro groups is 1. The highest BCUT2D eigenvalue weighted by atomic mass is 32.1. The number of fused-ring (bicyclic) bond motifs is 1. The molecule has 3 rings (SSSR count). The normalized spacial score (nSPS) is 11.6. The molecule has 0 fully saturated rings. The molecule has 0 radical (unpaired) electrons. The molecule has 0 spiro atoms. The third-order valence-corrected chi connectivity index (χ3v) is 4.90. The topological polar surface area (TPSA) is 104 Å². The molecule has 1 heterocycles. The number of carbonyl (C=O) groups excluding carboxylic acids is 2. The van der Waals surface area contributed by atoms with Crippen molar-refractivity contribution in [3.8, 4) is 0 Å². The van der Waals surface area contributed by atoms with E-state index in [-0.39, 0.29) is 17.0 Å². The van der Waals surface area contributed by atoms with Gasteiger partial charge in [-0.3, -0.25) is 19.7 Å². The molecule has 0 unspecified atom stereocenters. The molecule has 27 heavy (non-hydrogen) atoms. The van der Waals surface area contributed by atoms with E-state index in [2.05, 4.69) is 4.99 Å². The molecule has 3 aromatic rings. The third kappa shape index (κ3) is 3.93. The van der Waals surface area contributed by atoms with Crippen molar-refractivity contribution in [2.24, 2.45) is 4.99 Å². The lowest BCUT2D eigenvalue weighted by molar-refractivity contribution is -0.384. The molecule has 0 saturated carbocycles. The van der Waals surface area contributed by atoms with Crippen molar-refractivity contribution in [1.82, 2.24) is 4.57 Å². The number of aryl methyl sites for hydroxylation is 1. The Morgan fingerprint density at radius 3 is 2.70 bits per heavy atom. The maximum absolute atomic E-state index is 12.5. The van der Waals surface area contributed by atoms with Gasteiger partial charge in [0.25, 0.3) is 11.6 Å². The number of nitrogens with zero attached hydrogens (tertiary/aromatic N) is 3. The molecule has 9 heteroatoms. The highest BCUT2D eigenvalue weighted by Gasteiger charge is 2.15. The van der Waals surface area contributed by atoms with Crippen LogP contribution < -0.4 is 4.80 Å². The number of esters is 1. The zero-order chi connectivity index (χ0) is 19.6. The number of thiazole rings is 1. The Bertz CT molecular complexity index is 1130. The van der Waals surface area contributed by atoms with Crippen molar-refractivity contribution in [3.05, 3.63) is 68.5 Å². The molecular weight excluding hydrogens is 370 g/mol. The van der Waals surface area contributed by atoms with Gasteiger partial charge in [-0.25, -0.2) is 0 Å². The van der Waals surface area contributed by atoms with E-state index in [1.165, 1.54) is 29.9 Å². The second-order valence-corrected chi connectivity index (χ2v) is 6.75. The Balaban J connectivity index is 2.17. The zero-order valence-corrected chi connectivity index (χ0v) is 15.4. The number of benzene rings is 2. The molecule has 1 aromatic heterocycles. The zero-order valence-electron chi connectivity index (χ0n) is 14.5. The number of carbonyl (C=O) groups is 2. The van der Waals surface area contributed by atoms with Gasteiger partial charge in [-0.05, 0) is 25.1 Å². The summed E-state index contributed by atoms with van der Waals surface area (Å²) in [5, 5.41) is 11.0. The maximum Gasteiger partial charge on any atom is 0.325 e. The molecule has 0 atom stereocenters. The van der Waals surface area contributed by atoms with Gasteiger partial charge in [-0.2, -0.15) is 4.99 Å². The number of nitro benzene ring substituents is 1. The molecule has 0 aliphatic heterocycles. The molecule has 0 aliphatic rings. The van der Waals surface area contributed by atoms with Gasteiger partial charge in [0.2, 0.25) is 0 Å². The molecule has 138 valence electrons. The van der Waals surface area contributed by atoms with Crippen molar-refractivity contribution in [2.75, 3.05) is 7.11 Å². The van der Waals surface area contributed by atoms with Crippen LogP contribution in [0.3, 0.4) is 0 Å². The highest BCUT2D eigenvalue weighted by molar-refractivity contribution is 7.16. The van der Waals surface area contributed by atoms with E-state index in [0.29, 0.717) is 15.8 Å². The molecule has 8 nitrogen and oxygen atoms in total. The van der Waals surface area contributed by atoms with Crippen LogP contribution in [0.4, 0.5) is 5.69 Å². The summed E-state index contributed by atoms with van der Waals surface area (Å²) < 4.78 is 6.77. The van der Waals surface area contributed by atoms with Gasteiger partial charge in [0.05, 0.1) is 22.2 Å². The lowest BCUT2D eigenvalue weighted by Crippen LogP contribution is -2.22. The SMILES string of the molecule is COC(=O)Cn1c(=NC(=O)c2cccc(C)c2)sc2cc([N+](=O)[O-])ccc21. The fourth-order valence-corrected chi connectivity index (χ4v) is 3.60. The van der Waals surface area contributed by atoms with Gasteiger partial charge in [-0.15, -0.1) is 0 Å². The summed E-state index contributed by atoms with van der Waals surface area (Å²) in [4.78, 5) is 39.2. The van der Waals surface area contributed by atoms with Gasteiger partial charge >= 0.3 is 5.97 Å². The summed E-state index contributed by atoms with van der Waals surface area (Å²) in [7, 11) is 1.26. The summed E-state index contributed by atoms with van der Waals surface area (Å²) in [6.07, 6.45) is 0. The molecule has 0 aliphatic carbocycles. The van der Waals surface area contributed by atoms with Crippen molar-refractivity contribution in [3.63, 3.8) is 0 Å². The van der Waals surface area contributed by atoms with Crippen LogP contribution in [0.25, 0.3) is 10.2 Å². The number of rotatable bonds is 4. The number of amides is 1. The second kappa shape index (κ2) is 7.50. The Labute approximate surface area is 157 Å². The molecule has 0 saturated heterocycles. The third-order valence-electron chi connectivity index (χ3n) is 3.85. The number of ether oxygens (including phenoxy) is 1. The van der Waals surface area contributed by atoms with E-state index in [1.54, 1.807) is 18.2 Å². The lowest BCUT2D eigenvalue weighted by Gasteiger charge is -2.03. The fourth-order valence-electron chi connectivity index (χ4n) is 2.54. The number of hydrogen-bond donors (Lipinski definition) is 0. The van der Waals surface area contributed by atoms with Crippen molar-refractivity contribution < 1.29 is 19.2 Å². The van der Waals surface area contributed by atoms with Crippen LogP contribution in [0, 0.1) is 17.0 Å². The maximum atomic E-state index is 12.5. The standard InChI is InChI=1S/C18H15N3O5S/c1-11-4-3-5-12(8-11)17(23)19-18-20(10-16(22)26-2)14-7-6-13(21(24)25)9-15(14)27-18/h3-9H,10H2,1-2H3. The van der Waals surface area contributed by atoms with Gasteiger partial charge in [-0.1, -0.05) is 29.0 Å². The van der Waals surface area contributed by atoms with Crippen LogP contribution in [0.15, 0.2) is 47.5 Å². The predicted molar refractivity (Wildman–Crippen MR) is 99.6 cm³/mol. The lowest BCUT2D eigenvalue weighted by atomic mass is 10.1. The molecule has 0 N–H and O–H groups in total. The van der Waals surface area contributed by atoms with Gasteiger partial charge < -0.3 is 9.30 Å². The monoisotopic (exact) mass is 385 g/mol. The predicted octanol–water partition coefficient (Wildman–Crippen LogP) is 2.83. The summed E-state index contributed by atoms with van der Waals surface area (Å²) >= 11 is 1.10. The average molecular weight is 385 g/mol. The van der Waals surface area contributed by atoms with Crippen LogP contribution in [-0.2, 0) is 16.1 Å². The number of aromatic nitrogens is 1.